The van der Waals surface area contributed by atoms with Crippen molar-refractivity contribution in [2.45, 2.75) is 33.2 Å². The van der Waals surface area contributed by atoms with Crippen molar-refractivity contribution in [3.63, 3.8) is 0 Å². The van der Waals surface area contributed by atoms with E-state index in [0.29, 0.717) is 6.04 Å². The zero-order valence-electron chi connectivity index (χ0n) is 12.0. The molecule has 0 bridgehead atoms. The Balaban J connectivity index is 1.93. The van der Waals surface area contributed by atoms with E-state index in [9.17, 15) is 0 Å². The Kier molecular flexibility index (Phi) is 4.23. The molecule has 1 saturated carbocycles. The van der Waals surface area contributed by atoms with E-state index < -0.39 is 0 Å². The largest absolute Gasteiger partial charge is 0.373 e. The highest BCUT2D eigenvalue weighted by Crippen LogP contribution is 2.38. The van der Waals surface area contributed by atoms with E-state index in [1.54, 1.807) is 0 Å². The maximum absolute atomic E-state index is 4.56. The summed E-state index contributed by atoms with van der Waals surface area (Å²) in [4.78, 5) is 6.88. The molecule has 1 aromatic heterocycles. The van der Waals surface area contributed by atoms with Gasteiger partial charge in [-0.3, -0.25) is 4.98 Å². The minimum absolute atomic E-state index is 0.331. The molecule has 3 nitrogen and oxygen atoms in total. The van der Waals surface area contributed by atoms with Crippen LogP contribution in [0, 0.1) is 11.8 Å². The van der Waals surface area contributed by atoms with Gasteiger partial charge >= 0.3 is 0 Å². The van der Waals surface area contributed by atoms with Gasteiger partial charge in [-0.2, -0.15) is 0 Å². The van der Waals surface area contributed by atoms with E-state index in [4.69, 9.17) is 0 Å². The highest BCUT2D eigenvalue weighted by atomic mass is 15.1. The van der Waals surface area contributed by atoms with Crippen LogP contribution in [0.25, 0.3) is 0 Å². The molecule has 3 unspecified atom stereocenters. The van der Waals surface area contributed by atoms with Crippen molar-refractivity contribution in [2.24, 2.45) is 11.8 Å². The normalized spacial score (nSPS) is 23.8. The molecular formula is C15H25N3. The van der Waals surface area contributed by atoms with Crippen LogP contribution < -0.4 is 10.2 Å². The topological polar surface area (TPSA) is 28.2 Å². The molecule has 1 N–H and O–H groups in total. The molecule has 1 heterocycles. The summed E-state index contributed by atoms with van der Waals surface area (Å²) in [6.45, 7) is 8.74. The Labute approximate surface area is 111 Å². The fourth-order valence-corrected chi connectivity index (χ4v) is 2.40. The van der Waals surface area contributed by atoms with Crippen molar-refractivity contribution in [3.8, 4) is 0 Å². The summed E-state index contributed by atoms with van der Waals surface area (Å²) in [5.41, 5.74) is 2.34. The number of pyridine rings is 1. The van der Waals surface area contributed by atoms with E-state index in [-0.39, 0.29) is 0 Å². The lowest BCUT2D eigenvalue weighted by Crippen LogP contribution is -2.22. The number of rotatable bonds is 6. The third-order valence-corrected chi connectivity index (χ3v) is 3.95. The van der Waals surface area contributed by atoms with Crippen LogP contribution >= 0.6 is 0 Å². The Morgan fingerprint density at radius 2 is 2.22 bits per heavy atom. The molecule has 3 heteroatoms. The van der Waals surface area contributed by atoms with Crippen LogP contribution in [0.3, 0.4) is 0 Å². The second-order valence-corrected chi connectivity index (χ2v) is 5.57. The number of nitrogens with zero attached hydrogens (tertiary/aromatic N) is 2. The standard InChI is InChI=1S/C15H25N3/c1-5-16-12(3)15-7-6-14(9-17-15)18(4)10-13-8-11(13)2/h6-7,9,11-13,16H,5,8,10H2,1-4H3. The van der Waals surface area contributed by atoms with Gasteiger partial charge in [-0.25, -0.2) is 0 Å². The van der Waals surface area contributed by atoms with Gasteiger partial charge in [0.25, 0.3) is 0 Å². The lowest BCUT2D eigenvalue weighted by atomic mass is 10.2. The molecule has 1 fully saturated rings. The zero-order chi connectivity index (χ0) is 13.1. The van der Waals surface area contributed by atoms with Gasteiger partial charge < -0.3 is 10.2 Å². The lowest BCUT2D eigenvalue weighted by Gasteiger charge is -2.20. The second kappa shape index (κ2) is 5.70. The summed E-state index contributed by atoms with van der Waals surface area (Å²) in [5.74, 6) is 1.80. The fourth-order valence-electron chi connectivity index (χ4n) is 2.40. The molecule has 0 aliphatic heterocycles. The Hall–Kier alpha value is -1.09. The van der Waals surface area contributed by atoms with Gasteiger partial charge in [-0.1, -0.05) is 13.8 Å². The molecule has 1 aliphatic rings. The summed E-state index contributed by atoms with van der Waals surface area (Å²) < 4.78 is 0. The van der Waals surface area contributed by atoms with E-state index in [0.717, 1.165) is 30.6 Å². The molecule has 1 aromatic rings. The molecule has 0 amide bonds. The smallest absolute Gasteiger partial charge is 0.0572 e. The monoisotopic (exact) mass is 247 g/mol. The number of hydrogen-bond acceptors (Lipinski definition) is 3. The summed E-state index contributed by atoms with van der Waals surface area (Å²) >= 11 is 0. The molecule has 18 heavy (non-hydrogen) atoms. The molecule has 0 saturated heterocycles. The van der Waals surface area contributed by atoms with E-state index in [1.807, 2.05) is 6.20 Å². The lowest BCUT2D eigenvalue weighted by molar-refractivity contribution is 0.583. The second-order valence-electron chi connectivity index (χ2n) is 5.57. The average molecular weight is 247 g/mol. The number of aromatic nitrogens is 1. The molecule has 100 valence electrons. The van der Waals surface area contributed by atoms with Crippen LogP contribution in [0.5, 0.6) is 0 Å². The maximum Gasteiger partial charge on any atom is 0.0572 e. The van der Waals surface area contributed by atoms with Crippen LogP contribution in [-0.2, 0) is 0 Å². The van der Waals surface area contributed by atoms with Crippen molar-refractivity contribution in [2.75, 3.05) is 25.0 Å². The van der Waals surface area contributed by atoms with Crippen molar-refractivity contribution in [3.05, 3.63) is 24.0 Å². The van der Waals surface area contributed by atoms with Crippen LogP contribution in [0.15, 0.2) is 18.3 Å². The highest BCUT2D eigenvalue weighted by Gasteiger charge is 2.33. The van der Waals surface area contributed by atoms with Crippen LogP contribution in [0.1, 0.15) is 38.9 Å². The summed E-state index contributed by atoms with van der Waals surface area (Å²) in [6.07, 6.45) is 3.38. The predicted molar refractivity (Wildman–Crippen MR) is 76.9 cm³/mol. The van der Waals surface area contributed by atoms with E-state index in [2.05, 4.69) is 55.2 Å². The molecule has 3 atom stereocenters. The van der Waals surface area contributed by atoms with Crippen molar-refractivity contribution >= 4 is 5.69 Å². The average Bonchev–Trinajstić information content (AvgIpc) is 3.05. The van der Waals surface area contributed by atoms with Crippen LogP contribution in [0.4, 0.5) is 5.69 Å². The third-order valence-electron chi connectivity index (χ3n) is 3.95. The fraction of sp³-hybridized carbons (Fsp3) is 0.667. The highest BCUT2D eigenvalue weighted by molar-refractivity contribution is 5.44. The van der Waals surface area contributed by atoms with Gasteiger partial charge in [-0.15, -0.1) is 0 Å². The first-order valence-corrected chi connectivity index (χ1v) is 7.02. The molecule has 0 aromatic carbocycles. The zero-order valence-corrected chi connectivity index (χ0v) is 12.0. The molecule has 2 rings (SSSR count). The van der Waals surface area contributed by atoms with Crippen molar-refractivity contribution in [1.82, 2.24) is 10.3 Å². The van der Waals surface area contributed by atoms with Gasteiger partial charge in [0.05, 0.1) is 17.6 Å². The predicted octanol–water partition coefficient (Wildman–Crippen LogP) is 2.84. The Bertz CT molecular complexity index is 374. The molecule has 1 aliphatic carbocycles. The molecule has 0 spiro atoms. The van der Waals surface area contributed by atoms with Gasteiger partial charge in [0.1, 0.15) is 0 Å². The van der Waals surface area contributed by atoms with Crippen LogP contribution in [0.2, 0.25) is 0 Å². The van der Waals surface area contributed by atoms with Crippen molar-refractivity contribution < 1.29 is 0 Å². The first-order valence-electron chi connectivity index (χ1n) is 7.02. The Morgan fingerprint density at radius 3 is 2.72 bits per heavy atom. The van der Waals surface area contributed by atoms with Gasteiger partial charge in [0, 0.05) is 19.6 Å². The number of anilines is 1. The van der Waals surface area contributed by atoms with Crippen LogP contribution in [-0.4, -0.2) is 25.1 Å². The first-order chi connectivity index (χ1) is 8.61. The molecule has 0 radical (unpaired) electrons. The quantitative estimate of drug-likeness (QED) is 0.838. The minimum Gasteiger partial charge on any atom is -0.373 e. The first kappa shape index (κ1) is 13.3. The number of nitrogens with one attached hydrogen (secondary N) is 1. The number of hydrogen-bond donors (Lipinski definition) is 1. The van der Waals surface area contributed by atoms with E-state index in [1.165, 1.54) is 12.1 Å². The summed E-state index contributed by atoms with van der Waals surface area (Å²) in [6, 6.07) is 4.65. The SMILES string of the molecule is CCNC(C)c1ccc(N(C)CC2CC2C)cn1. The summed E-state index contributed by atoms with van der Waals surface area (Å²) in [7, 11) is 2.16. The van der Waals surface area contributed by atoms with Crippen molar-refractivity contribution in [1.29, 1.82) is 0 Å². The third kappa shape index (κ3) is 3.22. The van der Waals surface area contributed by atoms with Gasteiger partial charge in [0.15, 0.2) is 0 Å². The van der Waals surface area contributed by atoms with Gasteiger partial charge in [-0.05, 0) is 43.9 Å². The van der Waals surface area contributed by atoms with Gasteiger partial charge in [0.2, 0.25) is 0 Å². The van der Waals surface area contributed by atoms with E-state index >= 15 is 0 Å². The maximum atomic E-state index is 4.56. The molecular weight excluding hydrogens is 222 g/mol. The summed E-state index contributed by atoms with van der Waals surface area (Å²) in [5, 5.41) is 3.38. The Morgan fingerprint density at radius 1 is 1.50 bits per heavy atom. The minimum atomic E-state index is 0.331.